The number of rotatable bonds is 5. The lowest BCUT2D eigenvalue weighted by Gasteiger charge is -2.38. The van der Waals surface area contributed by atoms with Crippen molar-refractivity contribution in [3.05, 3.63) is 46.6 Å². The second-order valence-corrected chi connectivity index (χ2v) is 12.4. The van der Waals surface area contributed by atoms with Crippen LogP contribution < -0.4 is 15.8 Å². The number of piperidine rings is 2. The molecule has 4 atom stereocenters. The van der Waals surface area contributed by atoms with Gasteiger partial charge in [-0.2, -0.15) is 0 Å². The summed E-state index contributed by atoms with van der Waals surface area (Å²) in [5.74, 6) is -0.807. The second-order valence-electron chi connectivity index (χ2n) is 11.3. The largest absolute Gasteiger partial charge is 0.480 e. The number of ether oxygens (including phenoxy) is 1. The van der Waals surface area contributed by atoms with Gasteiger partial charge >= 0.3 is 11.8 Å². The van der Waals surface area contributed by atoms with Crippen LogP contribution in [0.15, 0.2) is 30.5 Å². The Labute approximate surface area is 237 Å². The fourth-order valence-electron chi connectivity index (χ4n) is 6.04. The lowest BCUT2D eigenvalue weighted by atomic mass is 9.89. The van der Waals surface area contributed by atoms with Crippen LogP contribution in [0.1, 0.15) is 66.0 Å². The van der Waals surface area contributed by atoms with Crippen LogP contribution in [0, 0.1) is 11.8 Å². The first kappa shape index (κ1) is 28.0. The number of pyridine rings is 1. The number of aromatic nitrogens is 2. The SMILES string of the molecule is COc1ncc(NC(=O)C(=O)N2C[C@@H](C)CC[C@@H]2c2ccc3sc([C@@H]4C[C@@H](C)CN(C)C4)nc3c2)cc1C(N)=O. The molecule has 0 saturated carbocycles. The smallest absolute Gasteiger partial charge is 0.313 e. The zero-order chi connectivity index (χ0) is 28.6. The summed E-state index contributed by atoms with van der Waals surface area (Å²) in [7, 11) is 3.54. The van der Waals surface area contributed by atoms with E-state index in [-0.39, 0.29) is 29.1 Å². The molecule has 0 unspecified atom stereocenters. The van der Waals surface area contributed by atoms with E-state index >= 15 is 0 Å². The number of likely N-dealkylation sites (tertiary alicyclic amines) is 2. The summed E-state index contributed by atoms with van der Waals surface area (Å²) in [6.07, 6.45) is 4.17. The molecule has 0 radical (unpaired) electrons. The van der Waals surface area contributed by atoms with Crippen LogP contribution in [0.3, 0.4) is 0 Å². The topological polar surface area (TPSA) is 131 Å². The summed E-state index contributed by atoms with van der Waals surface area (Å²) in [4.78, 5) is 51.4. The highest BCUT2D eigenvalue weighted by molar-refractivity contribution is 7.18. The van der Waals surface area contributed by atoms with Crippen LogP contribution in [0.5, 0.6) is 5.88 Å². The summed E-state index contributed by atoms with van der Waals surface area (Å²) >= 11 is 1.75. The Morgan fingerprint density at radius 1 is 1.10 bits per heavy atom. The number of likely N-dealkylation sites (N-methyl/N-ethyl adjacent to an activating group) is 1. The van der Waals surface area contributed by atoms with Gasteiger partial charge in [-0.25, -0.2) is 9.97 Å². The number of thiazole rings is 1. The van der Waals surface area contributed by atoms with Crippen LogP contribution in [-0.2, 0) is 9.59 Å². The average molecular weight is 565 g/mol. The summed E-state index contributed by atoms with van der Waals surface area (Å²) in [5.41, 5.74) is 7.53. The van der Waals surface area contributed by atoms with Gasteiger partial charge in [0.15, 0.2) is 0 Å². The van der Waals surface area contributed by atoms with Crippen LogP contribution in [0.25, 0.3) is 10.2 Å². The van der Waals surface area contributed by atoms with Crippen molar-refractivity contribution in [2.24, 2.45) is 17.6 Å². The number of nitrogens with one attached hydrogen (secondary N) is 1. The number of carbonyl (C=O) groups is 3. The number of primary amides is 1. The van der Waals surface area contributed by atoms with Crippen molar-refractivity contribution < 1.29 is 19.1 Å². The molecule has 4 heterocycles. The van der Waals surface area contributed by atoms with Gasteiger partial charge in [0.2, 0.25) is 5.88 Å². The minimum Gasteiger partial charge on any atom is -0.480 e. The molecule has 2 aliphatic rings. The number of hydrogen-bond acceptors (Lipinski definition) is 8. The molecule has 2 fully saturated rings. The number of benzene rings is 1. The average Bonchev–Trinajstić information content (AvgIpc) is 3.35. The summed E-state index contributed by atoms with van der Waals surface area (Å²) in [6, 6.07) is 7.35. The number of amides is 3. The molecule has 3 N–H and O–H groups in total. The maximum Gasteiger partial charge on any atom is 0.313 e. The van der Waals surface area contributed by atoms with Crippen LogP contribution in [0.2, 0.25) is 0 Å². The van der Waals surface area contributed by atoms with Crippen LogP contribution in [-0.4, -0.2) is 71.3 Å². The first-order valence-corrected chi connectivity index (χ1v) is 14.5. The van der Waals surface area contributed by atoms with Crippen molar-refractivity contribution in [2.75, 3.05) is 39.1 Å². The number of fused-ring (bicyclic) bond motifs is 1. The number of nitrogens with two attached hydrogens (primary N) is 1. The first-order chi connectivity index (χ1) is 19.1. The van der Waals surface area contributed by atoms with E-state index in [0.29, 0.717) is 18.4 Å². The number of carbonyl (C=O) groups excluding carboxylic acids is 3. The normalized spacial score (nSPS) is 23.6. The van der Waals surface area contributed by atoms with Crippen molar-refractivity contribution in [1.82, 2.24) is 19.8 Å². The van der Waals surface area contributed by atoms with Crippen molar-refractivity contribution in [3.8, 4) is 5.88 Å². The Morgan fingerprint density at radius 3 is 2.62 bits per heavy atom. The van der Waals surface area contributed by atoms with E-state index in [2.05, 4.69) is 54.3 Å². The highest BCUT2D eigenvalue weighted by Crippen LogP contribution is 2.38. The zero-order valence-corrected chi connectivity index (χ0v) is 24.2. The van der Waals surface area contributed by atoms with Crippen LogP contribution in [0.4, 0.5) is 5.69 Å². The Bertz CT molecular complexity index is 1430. The van der Waals surface area contributed by atoms with Gasteiger partial charge in [0, 0.05) is 25.6 Å². The predicted molar refractivity (Wildman–Crippen MR) is 154 cm³/mol. The molecule has 3 amide bonds. The van der Waals surface area contributed by atoms with Crippen molar-refractivity contribution in [2.45, 2.75) is 45.1 Å². The molecular weight excluding hydrogens is 528 g/mol. The number of hydrogen-bond donors (Lipinski definition) is 2. The predicted octanol–water partition coefficient (Wildman–Crippen LogP) is 3.79. The minimum atomic E-state index is -0.797. The van der Waals surface area contributed by atoms with Crippen molar-refractivity contribution >= 4 is 45.0 Å². The van der Waals surface area contributed by atoms with Gasteiger partial charge in [-0.15, -0.1) is 11.3 Å². The first-order valence-electron chi connectivity index (χ1n) is 13.7. The van der Waals surface area contributed by atoms with Crippen LogP contribution >= 0.6 is 11.3 Å². The van der Waals surface area contributed by atoms with E-state index in [1.54, 1.807) is 16.2 Å². The molecule has 212 valence electrons. The maximum absolute atomic E-state index is 13.5. The molecule has 0 bridgehead atoms. The lowest BCUT2D eigenvalue weighted by molar-refractivity contribution is -0.146. The number of anilines is 1. The molecule has 11 heteroatoms. The van der Waals surface area contributed by atoms with E-state index in [0.717, 1.165) is 48.1 Å². The fraction of sp³-hybridized carbons (Fsp3) is 0.483. The fourth-order valence-corrected chi connectivity index (χ4v) is 7.09. The Hall–Kier alpha value is -3.57. The van der Waals surface area contributed by atoms with Gasteiger partial charge < -0.3 is 25.6 Å². The van der Waals surface area contributed by atoms with E-state index < -0.39 is 17.7 Å². The third-order valence-corrected chi connectivity index (χ3v) is 9.04. The Balaban J connectivity index is 1.37. The van der Waals surface area contributed by atoms with Gasteiger partial charge in [-0.3, -0.25) is 14.4 Å². The van der Waals surface area contributed by atoms with Gasteiger partial charge in [-0.05, 0) is 61.9 Å². The molecule has 2 saturated heterocycles. The molecule has 5 rings (SSSR count). The molecule has 0 aliphatic carbocycles. The van der Waals surface area contributed by atoms with E-state index in [4.69, 9.17) is 15.5 Å². The highest BCUT2D eigenvalue weighted by Gasteiger charge is 2.35. The summed E-state index contributed by atoms with van der Waals surface area (Å²) in [6.45, 7) is 6.97. The third-order valence-electron chi connectivity index (χ3n) is 7.84. The second kappa shape index (κ2) is 11.5. The molecule has 40 heavy (non-hydrogen) atoms. The molecule has 1 aromatic carbocycles. The maximum atomic E-state index is 13.5. The molecule has 2 aliphatic heterocycles. The molecule has 10 nitrogen and oxygen atoms in total. The van der Waals surface area contributed by atoms with Gasteiger partial charge in [-0.1, -0.05) is 19.9 Å². The quantitative estimate of drug-likeness (QED) is 0.451. The van der Waals surface area contributed by atoms with Gasteiger partial charge in [0.05, 0.1) is 40.3 Å². The molecular formula is C29H36N6O4S. The van der Waals surface area contributed by atoms with E-state index in [1.807, 2.05) is 0 Å². The van der Waals surface area contributed by atoms with Crippen molar-refractivity contribution in [1.29, 1.82) is 0 Å². The zero-order valence-electron chi connectivity index (χ0n) is 23.3. The van der Waals surface area contributed by atoms with E-state index in [1.165, 1.54) is 24.4 Å². The van der Waals surface area contributed by atoms with E-state index in [9.17, 15) is 14.4 Å². The Morgan fingerprint density at radius 2 is 1.90 bits per heavy atom. The molecule has 2 aromatic heterocycles. The van der Waals surface area contributed by atoms with Crippen molar-refractivity contribution in [3.63, 3.8) is 0 Å². The third kappa shape index (κ3) is 5.80. The standard InChI is InChI=1S/C29H36N6O4S/c1-16-5-7-23(18-6-8-24-22(10-18)33-28(40-24)19-9-17(2)13-34(3)15-19)35(14-16)29(38)26(37)32-20-11-21(25(30)36)27(39-4)31-12-20/h6,8,10-12,16-17,19,23H,5,7,9,13-15H2,1-4H3,(H2,30,36)(H,32,37)/t16-,17+,19+,23+/m0/s1. The summed E-state index contributed by atoms with van der Waals surface area (Å²) in [5, 5.41) is 3.74. The minimum absolute atomic E-state index is 0.0162. The van der Waals surface area contributed by atoms with Gasteiger partial charge in [0.25, 0.3) is 5.91 Å². The monoisotopic (exact) mass is 564 g/mol. The lowest BCUT2D eigenvalue weighted by Crippen LogP contribution is -2.46. The van der Waals surface area contributed by atoms with Gasteiger partial charge in [0.1, 0.15) is 5.56 Å². The Kier molecular flexibility index (Phi) is 8.04. The molecule has 0 spiro atoms. The summed E-state index contributed by atoms with van der Waals surface area (Å²) < 4.78 is 6.19. The molecule has 3 aromatic rings. The highest BCUT2D eigenvalue weighted by atomic mass is 32.1. The number of nitrogens with zero attached hydrogens (tertiary/aromatic N) is 4. The number of methoxy groups -OCH3 is 1.